The lowest BCUT2D eigenvalue weighted by atomic mass is 10.1. The number of alkyl halides is 2. The molecule has 0 bridgehead atoms. The summed E-state index contributed by atoms with van der Waals surface area (Å²) >= 11 is 11.2. The van der Waals surface area contributed by atoms with Gasteiger partial charge >= 0.3 is 0 Å². The molecule has 1 aromatic carbocycles. The predicted molar refractivity (Wildman–Crippen MR) is 53.5 cm³/mol. The zero-order valence-corrected chi connectivity index (χ0v) is 8.09. The van der Waals surface area contributed by atoms with Gasteiger partial charge in [0.1, 0.15) is 4.84 Å². The minimum atomic E-state index is -0.389. The first-order valence-electron chi connectivity index (χ1n) is 3.79. The first-order valence-corrected chi connectivity index (χ1v) is 4.66. The van der Waals surface area contributed by atoms with Crippen molar-refractivity contribution in [1.29, 1.82) is 0 Å². The second-order valence-corrected chi connectivity index (χ2v) is 3.92. The Hall–Kier alpha value is -0.240. The van der Waals surface area contributed by atoms with E-state index in [9.17, 15) is 0 Å². The number of rotatable bonds is 3. The highest BCUT2D eigenvalue weighted by atomic mass is 35.5. The van der Waals surface area contributed by atoms with Crippen LogP contribution in [0.5, 0.6) is 0 Å². The van der Waals surface area contributed by atoms with Crippen LogP contribution in [0.3, 0.4) is 0 Å². The fourth-order valence-electron chi connectivity index (χ4n) is 1.03. The number of halogens is 2. The summed E-state index contributed by atoms with van der Waals surface area (Å²) in [7, 11) is 0. The summed E-state index contributed by atoms with van der Waals surface area (Å²) < 4.78 is 0. The molecule has 1 atom stereocenters. The molecule has 0 fully saturated rings. The third-order valence-corrected chi connectivity index (χ3v) is 2.02. The van der Waals surface area contributed by atoms with E-state index in [4.69, 9.17) is 28.9 Å². The lowest BCUT2D eigenvalue weighted by Crippen LogP contribution is -2.12. The largest absolute Gasteiger partial charge is 0.324 e. The van der Waals surface area contributed by atoms with Gasteiger partial charge in [-0.05, 0) is 12.0 Å². The summed E-state index contributed by atoms with van der Waals surface area (Å²) in [6.45, 7) is 0. The van der Waals surface area contributed by atoms with Gasteiger partial charge in [0.25, 0.3) is 0 Å². The lowest BCUT2D eigenvalue weighted by Gasteiger charge is -2.11. The van der Waals surface area contributed by atoms with Crippen LogP contribution in [-0.2, 0) is 0 Å². The minimum Gasteiger partial charge on any atom is -0.324 e. The molecule has 0 aliphatic rings. The molecule has 1 rings (SSSR count). The van der Waals surface area contributed by atoms with Crippen LogP contribution < -0.4 is 5.73 Å². The van der Waals surface area contributed by atoms with Crippen LogP contribution >= 0.6 is 23.2 Å². The maximum atomic E-state index is 5.83. The van der Waals surface area contributed by atoms with Crippen molar-refractivity contribution in [3.05, 3.63) is 35.9 Å². The topological polar surface area (TPSA) is 26.0 Å². The maximum absolute atomic E-state index is 5.83. The molecule has 1 unspecified atom stereocenters. The highest BCUT2D eigenvalue weighted by Crippen LogP contribution is 2.19. The lowest BCUT2D eigenvalue weighted by molar-refractivity contribution is 0.685. The van der Waals surface area contributed by atoms with Crippen molar-refractivity contribution in [2.75, 3.05) is 0 Å². The molecule has 1 nitrogen and oxygen atoms in total. The quantitative estimate of drug-likeness (QED) is 0.752. The maximum Gasteiger partial charge on any atom is 0.109 e. The Balaban J connectivity index is 2.59. The molecule has 0 amide bonds. The normalized spacial score (nSPS) is 13.3. The summed E-state index contributed by atoms with van der Waals surface area (Å²) in [5.41, 5.74) is 6.90. The molecule has 66 valence electrons. The predicted octanol–water partition coefficient (Wildman–Crippen LogP) is 2.88. The average Bonchev–Trinajstić information content (AvgIpc) is 2.05. The van der Waals surface area contributed by atoms with Crippen molar-refractivity contribution in [3.63, 3.8) is 0 Å². The molecule has 0 aliphatic heterocycles. The highest BCUT2D eigenvalue weighted by molar-refractivity contribution is 6.44. The first-order chi connectivity index (χ1) is 5.70. The van der Waals surface area contributed by atoms with Gasteiger partial charge < -0.3 is 5.73 Å². The Morgan fingerprint density at radius 3 is 2.25 bits per heavy atom. The van der Waals surface area contributed by atoms with E-state index in [1.54, 1.807) is 0 Å². The molecule has 2 N–H and O–H groups in total. The summed E-state index contributed by atoms with van der Waals surface area (Å²) in [4.78, 5) is -0.389. The van der Waals surface area contributed by atoms with Gasteiger partial charge in [-0.3, -0.25) is 0 Å². The molecule has 1 aromatic rings. The molecule has 3 heteroatoms. The minimum absolute atomic E-state index is 0.0637. The van der Waals surface area contributed by atoms with Crippen LogP contribution in [0.2, 0.25) is 0 Å². The summed E-state index contributed by atoms with van der Waals surface area (Å²) in [6.07, 6.45) is 0.590. The molecular formula is C9H11Cl2N. The highest BCUT2D eigenvalue weighted by Gasteiger charge is 2.09. The third kappa shape index (κ3) is 3.02. The van der Waals surface area contributed by atoms with Gasteiger partial charge in [-0.2, -0.15) is 0 Å². The third-order valence-electron chi connectivity index (χ3n) is 1.66. The van der Waals surface area contributed by atoms with Crippen molar-refractivity contribution < 1.29 is 0 Å². The summed E-state index contributed by atoms with van der Waals surface area (Å²) in [5, 5.41) is 0. The van der Waals surface area contributed by atoms with Crippen molar-refractivity contribution >= 4 is 23.2 Å². The smallest absolute Gasteiger partial charge is 0.109 e. The Kier molecular flexibility index (Phi) is 3.86. The van der Waals surface area contributed by atoms with Crippen molar-refractivity contribution in [2.24, 2.45) is 5.73 Å². The van der Waals surface area contributed by atoms with E-state index in [1.165, 1.54) is 0 Å². The van der Waals surface area contributed by atoms with Crippen LogP contribution in [0, 0.1) is 0 Å². The van der Waals surface area contributed by atoms with Gasteiger partial charge in [-0.1, -0.05) is 30.3 Å². The van der Waals surface area contributed by atoms with Crippen molar-refractivity contribution in [2.45, 2.75) is 17.3 Å². The van der Waals surface area contributed by atoms with Gasteiger partial charge in [0.05, 0.1) is 0 Å². The second kappa shape index (κ2) is 4.70. The molecule has 0 spiro atoms. The molecule has 0 aromatic heterocycles. The monoisotopic (exact) mass is 203 g/mol. The molecule has 12 heavy (non-hydrogen) atoms. The van der Waals surface area contributed by atoms with E-state index < -0.39 is 0 Å². The van der Waals surface area contributed by atoms with Gasteiger partial charge in [-0.15, -0.1) is 23.2 Å². The standard InChI is InChI=1S/C9H11Cl2N/c10-9(11)6-8(12)7-4-2-1-3-5-7/h1-5,8-9H,6,12H2. The fraction of sp³-hybridized carbons (Fsp3) is 0.333. The Morgan fingerprint density at radius 2 is 1.75 bits per heavy atom. The summed E-state index contributed by atoms with van der Waals surface area (Å²) in [6, 6.07) is 9.74. The van der Waals surface area contributed by atoms with Crippen molar-refractivity contribution in [3.8, 4) is 0 Å². The van der Waals surface area contributed by atoms with Crippen LogP contribution in [0.4, 0.5) is 0 Å². The number of benzene rings is 1. The SMILES string of the molecule is NC(CC(Cl)Cl)c1ccccc1. The number of hydrogen-bond donors (Lipinski definition) is 1. The Bertz CT molecular complexity index is 223. The van der Waals surface area contributed by atoms with Gasteiger partial charge in [0, 0.05) is 6.04 Å². The fourth-order valence-corrected chi connectivity index (χ4v) is 1.41. The molecule has 0 aliphatic carbocycles. The average molecular weight is 204 g/mol. The van der Waals surface area contributed by atoms with E-state index in [-0.39, 0.29) is 10.9 Å². The molecule has 0 saturated carbocycles. The zero-order chi connectivity index (χ0) is 8.97. The number of hydrogen-bond acceptors (Lipinski definition) is 1. The molecular weight excluding hydrogens is 193 g/mol. The van der Waals surface area contributed by atoms with Crippen LogP contribution in [0.1, 0.15) is 18.0 Å². The molecule has 0 saturated heterocycles. The number of nitrogens with two attached hydrogens (primary N) is 1. The Labute approximate surface area is 82.5 Å². The summed E-state index contributed by atoms with van der Waals surface area (Å²) in [5.74, 6) is 0. The molecule has 0 radical (unpaired) electrons. The first kappa shape index (κ1) is 9.85. The van der Waals surface area contributed by atoms with E-state index in [1.807, 2.05) is 30.3 Å². The zero-order valence-electron chi connectivity index (χ0n) is 6.58. The van der Waals surface area contributed by atoms with Crippen LogP contribution in [-0.4, -0.2) is 4.84 Å². The van der Waals surface area contributed by atoms with Crippen molar-refractivity contribution in [1.82, 2.24) is 0 Å². The van der Waals surface area contributed by atoms with E-state index in [2.05, 4.69) is 0 Å². The van der Waals surface area contributed by atoms with Gasteiger partial charge in [0.2, 0.25) is 0 Å². The second-order valence-electron chi connectivity index (χ2n) is 2.64. The van der Waals surface area contributed by atoms with Crippen LogP contribution in [0.15, 0.2) is 30.3 Å². The van der Waals surface area contributed by atoms with Gasteiger partial charge in [0.15, 0.2) is 0 Å². The van der Waals surface area contributed by atoms with E-state index >= 15 is 0 Å². The Morgan fingerprint density at radius 1 is 1.17 bits per heavy atom. The van der Waals surface area contributed by atoms with Crippen LogP contribution in [0.25, 0.3) is 0 Å². The molecule has 0 heterocycles. The van der Waals surface area contributed by atoms with E-state index in [0.29, 0.717) is 6.42 Å². The van der Waals surface area contributed by atoms with Gasteiger partial charge in [-0.25, -0.2) is 0 Å². The van der Waals surface area contributed by atoms with E-state index in [0.717, 1.165) is 5.56 Å².